The van der Waals surface area contributed by atoms with E-state index in [1.165, 1.54) is 31.4 Å². The predicted octanol–water partition coefficient (Wildman–Crippen LogP) is 1.54. The van der Waals surface area contributed by atoms with Crippen LogP contribution in [0.25, 0.3) is 0 Å². The molecule has 1 saturated heterocycles. The average Bonchev–Trinajstić information content (AvgIpc) is 2.89. The Morgan fingerprint density at radius 2 is 1.92 bits per heavy atom. The van der Waals surface area contributed by atoms with Crippen molar-refractivity contribution in [3.63, 3.8) is 0 Å². The summed E-state index contributed by atoms with van der Waals surface area (Å²) < 4.78 is 15.7. The first kappa shape index (κ1) is 28.2. The molecule has 1 aliphatic heterocycles. The van der Waals surface area contributed by atoms with Crippen LogP contribution in [0.2, 0.25) is 5.02 Å². The molecular weight excluding hydrogens is 504 g/mol. The van der Waals surface area contributed by atoms with E-state index in [9.17, 15) is 14.4 Å². The standard InChI is InChI=1S/C25H31ClN4O7/c1-35-21-12-19(27)18(26)11-17(21)24(33)29-20-7-8-30(13-22(20)36-2)14-23(32)28-16-5-3-15(4-6-16)25(34)37-10-9-31/h3-6,11-12,20,22,31H,7-10,13-14,27H2,1-2H3,(H,28,32)(H,29,33). The number of ether oxygens (including phenoxy) is 3. The van der Waals surface area contributed by atoms with Gasteiger partial charge in [-0.2, -0.15) is 0 Å². The molecule has 0 aliphatic carbocycles. The van der Waals surface area contributed by atoms with Crippen molar-refractivity contribution in [2.24, 2.45) is 0 Å². The highest BCUT2D eigenvalue weighted by Crippen LogP contribution is 2.29. The van der Waals surface area contributed by atoms with Gasteiger partial charge in [0, 0.05) is 32.0 Å². The quantitative estimate of drug-likeness (QED) is 0.262. The van der Waals surface area contributed by atoms with Crippen LogP contribution in [0.5, 0.6) is 5.75 Å². The predicted molar refractivity (Wildman–Crippen MR) is 138 cm³/mol. The summed E-state index contributed by atoms with van der Waals surface area (Å²) in [7, 11) is 3.00. The smallest absolute Gasteiger partial charge is 0.338 e. The van der Waals surface area contributed by atoms with Crippen molar-refractivity contribution < 1.29 is 33.7 Å². The highest BCUT2D eigenvalue weighted by molar-refractivity contribution is 6.33. The van der Waals surface area contributed by atoms with E-state index in [4.69, 9.17) is 36.7 Å². The second-order valence-electron chi connectivity index (χ2n) is 8.44. The molecule has 0 spiro atoms. The normalized spacial score (nSPS) is 17.6. The number of nitrogens with one attached hydrogen (secondary N) is 2. The molecule has 11 nitrogen and oxygen atoms in total. The third-order valence-electron chi connectivity index (χ3n) is 5.92. The number of hydrogen-bond acceptors (Lipinski definition) is 9. The van der Waals surface area contributed by atoms with Gasteiger partial charge in [0.2, 0.25) is 5.91 Å². The van der Waals surface area contributed by atoms with E-state index in [1.807, 2.05) is 4.90 Å². The van der Waals surface area contributed by atoms with E-state index in [-0.39, 0.29) is 54.3 Å². The number of aliphatic hydroxyl groups excluding tert-OH is 1. The lowest BCUT2D eigenvalue weighted by molar-refractivity contribution is -0.118. The number of carbonyl (C=O) groups is 3. The van der Waals surface area contributed by atoms with Gasteiger partial charge >= 0.3 is 5.97 Å². The Balaban J connectivity index is 1.53. The zero-order chi connectivity index (χ0) is 26.9. The van der Waals surface area contributed by atoms with E-state index in [0.29, 0.717) is 42.2 Å². The van der Waals surface area contributed by atoms with Crippen LogP contribution < -0.4 is 21.1 Å². The number of benzene rings is 2. The lowest BCUT2D eigenvalue weighted by Crippen LogP contribution is -2.55. The monoisotopic (exact) mass is 534 g/mol. The van der Waals surface area contributed by atoms with Crippen molar-refractivity contribution in [2.75, 3.05) is 58.1 Å². The van der Waals surface area contributed by atoms with Gasteiger partial charge in [0.1, 0.15) is 12.4 Å². The molecule has 5 N–H and O–H groups in total. The summed E-state index contributed by atoms with van der Waals surface area (Å²) >= 11 is 6.09. The van der Waals surface area contributed by atoms with Gasteiger partial charge < -0.3 is 35.7 Å². The Hall–Kier alpha value is -3.38. The molecule has 2 aromatic carbocycles. The molecule has 2 aromatic rings. The summed E-state index contributed by atoms with van der Waals surface area (Å²) in [6, 6.07) is 8.97. The number of nitrogens with zero attached hydrogens (tertiary/aromatic N) is 1. The molecule has 200 valence electrons. The number of rotatable bonds is 10. The molecule has 1 fully saturated rings. The fourth-order valence-corrected chi connectivity index (χ4v) is 4.17. The second kappa shape index (κ2) is 13.2. The Kier molecular flexibility index (Phi) is 10.1. The number of methoxy groups -OCH3 is 2. The number of esters is 1. The molecule has 0 bridgehead atoms. The SMILES string of the molecule is COc1cc(N)c(Cl)cc1C(=O)NC1CCN(CC(=O)Nc2ccc(C(=O)OCCO)cc2)CC1OC. The lowest BCUT2D eigenvalue weighted by Gasteiger charge is -2.37. The van der Waals surface area contributed by atoms with E-state index < -0.39 is 5.97 Å². The number of carbonyl (C=O) groups excluding carboxylic acids is 3. The minimum absolute atomic E-state index is 0.0793. The minimum Gasteiger partial charge on any atom is -0.496 e. The largest absolute Gasteiger partial charge is 0.496 e. The van der Waals surface area contributed by atoms with Crippen molar-refractivity contribution in [3.8, 4) is 5.75 Å². The van der Waals surface area contributed by atoms with Gasteiger partial charge in [-0.25, -0.2) is 4.79 Å². The van der Waals surface area contributed by atoms with Crippen LogP contribution >= 0.6 is 11.6 Å². The third kappa shape index (κ3) is 7.56. The Labute approximate surface area is 219 Å². The van der Waals surface area contributed by atoms with Gasteiger partial charge in [-0.3, -0.25) is 14.5 Å². The zero-order valence-electron chi connectivity index (χ0n) is 20.7. The maximum Gasteiger partial charge on any atom is 0.338 e. The van der Waals surface area contributed by atoms with Crippen molar-refractivity contribution in [3.05, 3.63) is 52.5 Å². The maximum absolute atomic E-state index is 12.9. The molecule has 0 saturated carbocycles. The molecule has 2 atom stereocenters. The summed E-state index contributed by atoms with van der Waals surface area (Å²) in [5.41, 5.74) is 7.24. The van der Waals surface area contributed by atoms with Crippen molar-refractivity contribution in [2.45, 2.75) is 18.6 Å². The molecule has 0 radical (unpaired) electrons. The number of likely N-dealkylation sites (tertiary alicyclic amines) is 1. The van der Waals surface area contributed by atoms with Crippen LogP contribution in [0.4, 0.5) is 11.4 Å². The fourth-order valence-electron chi connectivity index (χ4n) is 4.00. The minimum atomic E-state index is -0.551. The first-order valence-electron chi connectivity index (χ1n) is 11.6. The molecular formula is C25H31ClN4O7. The van der Waals surface area contributed by atoms with Gasteiger partial charge in [0.25, 0.3) is 5.91 Å². The number of nitrogen functional groups attached to an aromatic ring is 1. The van der Waals surface area contributed by atoms with Gasteiger partial charge in [-0.05, 0) is 36.8 Å². The summed E-state index contributed by atoms with van der Waals surface area (Å²) in [5, 5.41) is 14.8. The van der Waals surface area contributed by atoms with Gasteiger partial charge in [-0.15, -0.1) is 0 Å². The molecule has 1 aliphatic rings. The van der Waals surface area contributed by atoms with Gasteiger partial charge in [0.15, 0.2) is 0 Å². The number of anilines is 2. The number of piperidine rings is 1. The van der Waals surface area contributed by atoms with Gasteiger partial charge in [0.05, 0.1) is 54.2 Å². The number of amides is 2. The molecule has 2 amide bonds. The fraction of sp³-hybridized carbons (Fsp3) is 0.400. The number of halogens is 1. The van der Waals surface area contributed by atoms with Crippen LogP contribution in [0.15, 0.2) is 36.4 Å². The first-order chi connectivity index (χ1) is 17.7. The number of hydrogen-bond donors (Lipinski definition) is 4. The molecule has 2 unspecified atom stereocenters. The average molecular weight is 535 g/mol. The van der Waals surface area contributed by atoms with Crippen LogP contribution in [-0.4, -0.2) is 87.0 Å². The summed E-state index contributed by atoms with van der Waals surface area (Å²) in [4.78, 5) is 39.3. The van der Waals surface area contributed by atoms with E-state index in [1.54, 1.807) is 19.2 Å². The van der Waals surface area contributed by atoms with Crippen molar-refractivity contribution in [1.29, 1.82) is 0 Å². The van der Waals surface area contributed by atoms with Gasteiger partial charge in [-0.1, -0.05) is 11.6 Å². The Morgan fingerprint density at radius 1 is 1.19 bits per heavy atom. The Bertz CT molecular complexity index is 1110. The van der Waals surface area contributed by atoms with Crippen LogP contribution in [0.3, 0.4) is 0 Å². The third-order valence-corrected chi connectivity index (χ3v) is 6.25. The molecule has 0 aromatic heterocycles. The van der Waals surface area contributed by atoms with Crippen LogP contribution in [-0.2, 0) is 14.3 Å². The summed E-state index contributed by atoms with van der Waals surface area (Å²) in [5.74, 6) is -0.821. The molecule has 37 heavy (non-hydrogen) atoms. The highest BCUT2D eigenvalue weighted by Gasteiger charge is 2.32. The summed E-state index contributed by atoms with van der Waals surface area (Å²) in [6.07, 6.45) is 0.220. The van der Waals surface area contributed by atoms with Crippen LogP contribution in [0.1, 0.15) is 27.1 Å². The topological polar surface area (TPSA) is 152 Å². The highest BCUT2D eigenvalue weighted by atomic mass is 35.5. The van der Waals surface area contributed by atoms with Crippen LogP contribution in [0, 0.1) is 0 Å². The second-order valence-corrected chi connectivity index (χ2v) is 8.84. The van der Waals surface area contributed by atoms with E-state index >= 15 is 0 Å². The number of nitrogens with two attached hydrogens (primary N) is 1. The number of aliphatic hydroxyl groups is 1. The zero-order valence-corrected chi connectivity index (χ0v) is 21.4. The van der Waals surface area contributed by atoms with Crippen molar-refractivity contribution >= 4 is 40.8 Å². The summed E-state index contributed by atoms with van der Waals surface area (Å²) in [6.45, 7) is 0.795. The molecule has 1 heterocycles. The first-order valence-corrected chi connectivity index (χ1v) is 12.0. The Morgan fingerprint density at radius 3 is 2.57 bits per heavy atom. The van der Waals surface area contributed by atoms with Crippen molar-refractivity contribution in [1.82, 2.24) is 10.2 Å². The van der Waals surface area contributed by atoms with E-state index in [0.717, 1.165) is 0 Å². The van der Waals surface area contributed by atoms with E-state index in [2.05, 4.69) is 10.6 Å². The molecule has 3 rings (SSSR count). The molecule has 12 heteroatoms. The lowest BCUT2D eigenvalue weighted by atomic mass is 10.0. The maximum atomic E-state index is 12.9.